The van der Waals surface area contributed by atoms with Gasteiger partial charge in [0.25, 0.3) is 0 Å². The molecule has 0 saturated carbocycles. The molecular formula is C14H20BrN3O. The fraction of sp³-hybridized carbons (Fsp3) is 0.500. The van der Waals surface area contributed by atoms with E-state index in [1.807, 2.05) is 31.2 Å². The third-order valence-electron chi connectivity index (χ3n) is 3.33. The van der Waals surface area contributed by atoms with Gasteiger partial charge in [-0.2, -0.15) is 0 Å². The smallest absolute Gasteiger partial charge is 0.234 e. The number of amides is 1. The Balaban J connectivity index is 1.86. The van der Waals surface area contributed by atoms with Crippen LogP contribution in [0.3, 0.4) is 0 Å². The standard InChI is InChI=1S/C14H20BrN3O/c1-11(12-4-2-3-5-13(12)15)17-14(19)10-18-8-6-16-7-9-18/h2-5,11,16H,6-10H2,1H3,(H,17,19)/t11-/m0/s1. The molecule has 1 amide bonds. The molecule has 2 rings (SSSR count). The largest absolute Gasteiger partial charge is 0.348 e. The fourth-order valence-electron chi connectivity index (χ4n) is 2.26. The van der Waals surface area contributed by atoms with Crippen LogP contribution in [0, 0.1) is 0 Å². The van der Waals surface area contributed by atoms with Gasteiger partial charge in [-0.15, -0.1) is 0 Å². The monoisotopic (exact) mass is 325 g/mol. The Morgan fingerprint density at radius 2 is 2.11 bits per heavy atom. The highest BCUT2D eigenvalue weighted by Crippen LogP contribution is 2.22. The number of piperazine rings is 1. The van der Waals surface area contributed by atoms with Crippen LogP contribution >= 0.6 is 15.9 Å². The van der Waals surface area contributed by atoms with Crippen LogP contribution in [0.1, 0.15) is 18.5 Å². The van der Waals surface area contributed by atoms with Crippen LogP contribution in [0.5, 0.6) is 0 Å². The maximum Gasteiger partial charge on any atom is 0.234 e. The Labute approximate surface area is 122 Å². The van der Waals surface area contributed by atoms with E-state index in [1.165, 1.54) is 0 Å². The zero-order chi connectivity index (χ0) is 13.7. The quantitative estimate of drug-likeness (QED) is 0.882. The van der Waals surface area contributed by atoms with E-state index >= 15 is 0 Å². The normalized spacial score (nSPS) is 18.0. The van der Waals surface area contributed by atoms with Crippen molar-refractivity contribution in [3.05, 3.63) is 34.3 Å². The summed E-state index contributed by atoms with van der Waals surface area (Å²) in [4.78, 5) is 14.2. The van der Waals surface area contributed by atoms with Gasteiger partial charge in [0.2, 0.25) is 5.91 Å². The molecule has 1 fully saturated rings. The second kappa shape index (κ2) is 7.03. The number of nitrogens with one attached hydrogen (secondary N) is 2. The van der Waals surface area contributed by atoms with Gasteiger partial charge in [0, 0.05) is 30.7 Å². The van der Waals surface area contributed by atoms with Crippen LogP contribution in [-0.4, -0.2) is 43.5 Å². The van der Waals surface area contributed by atoms with Crippen molar-refractivity contribution in [3.63, 3.8) is 0 Å². The van der Waals surface area contributed by atoms with E-state index < -0.39 is 0 Å². The van der Waals surface area contributed by atoms with Gasteiger partial charge in [0.15, 0.2) is 0 Å². The van der Waals surface area contributed by atoms with Crippen LogP contribution in [0.15, 0.2) is 28.7 Å². The highest BCUT2D eigenvalue weighted by atomic mass is 79.9. The molecular weight excluding hydrogens is 306 g/mol. The lowest BCUT2D eigenvalue weighted by Gasteiger charge is -2.27. The lowest BCUT2D eigenvalue weighted by atomic mass is 10.1. The van der Waals surface area contributed by atoms with Gasteiger partial charge in [-0.1, -0.05) is 34.1 Å². The Bertz CT molecular complexity index is 432. The predicted molar refractivity (Wildman–Crippen MR) is 80.0 cm³/mol. The summed E-state index contributed by atoms with van der Waals surface area (Å²) < 4.78 is 1.03. The summed E-state index contributed by atoms with van der Waals surface area (Å²) in [7, 11) is 0. The van der Waals surface area contributed by atoms with Crippen LogP contribution in [0.25, 0.3) is 0 Å². The zero-order valence-corrected chi connectivity index (χ0v) is 12.7. The maximum absolute atomic E-state index is 12.0. The molecule has 1 atom stereocenters. The number of hydrogen-bond donors (Lipinski definition) is 2. The van der Waals surface area contributed by atoms with Crippen LogP contribution in [-0.2, 0) is 4.79 Å². The molecule has 1 saturated heterocycles. The molecule has 4 nitrogen and oxygen atoms in total. The molecule has 1 aliphatic rings. The first-order valence-electron chi connectivity index (χ1n) is 6.63. The van der Waals surface area contributed by atoms with E-state index in [2.05, 4.69) is 31.5 Å². The summed E-state index contributed by atoms with van der Waals surface area (Å²) in [6, 6.07) is 8.00. The first-order valence-corrected chi connectivity index (χ1v) is 7.43. The third kappa shape index (κ3) is 4.30. The predicted octanol–water partition coefficient (Wildman–Crippen LogP) is 1.53. The molecule has 0 bridgehead atoms. The minimum absolute atomic E-state index is 0.0194. The van der Waals surface area contributed by atoms with Crippen molar-refractivity contribution in [1.82, 2.24) is 15.5 Å². The average Bonchev–Trinajstić information content (AvgIpc) is 2.40. The number of nitrogens with zero attached hydrogens (tertiary/aromatic N) is 1. The average molecular weight is 326 g/mol. The van der Waals surface area contributed by atoms with E-state index in [0.717, 1.165) is 36.2 Å². The van der Waals surface area contributed by atoms with Crippen molar-refractivity contribution in [2.24, 2.45) is 0 Å². The molecule has 5 heteroatoms. The number of benzene rings is 1. The first kappa shape index (κ1) is 14.5. The molecule has 19 heavy (non-hydrogen) atoms. The minimum atomic E-state index is 0.0194. The van der Waals surface area contributed by atoms with E-state index in [-0.39, 0.29) is 11.9 Å². The van der Waals surface area contributed by atoms with Gasteiger partial charge in [0.1, 0.15) is 0 Å². The molecule has 1 heterocycles. The molecule has 0 aliphatic carbocycles. The Hall–Kier alpha value is -0.910. The highest BCUT2D eigenvalue weighted by Gasteiger charge is 2.16. The van der Waals surface area contributed by atoms with E-state index in [1.54, 1.807) is 0 Å². The molecule has 104 valence electrons. The SMILES string of the molecule is C[C@H](NC(=O)CN1CCNCC1)c1ccccc1Br. The van der Waals surface area contributed by atoms with Crippen molar-refractivity contribution in [1.29, 1.82) is 0 Å². The molecule has 0 aromatic heterocycles. The van der Waals surface area contributed by atoms with Gasteiger partial charge in [-0.25, -0.2) is 0 Å². The molecule has 0 spiro atoms. The maximum atomic E-state index is 12.0. The van der Waals surface area contributed by atoms with Crippen molar-refractivity contribution in [2.45, 2.75) is 13.0 Å². The van der Waals surface area contributed by atoms with E-state index in [0.29, 0.717) is 6.54 Å². The molecule has 1 aromatic rings. The Kier molecular flexibility index (Phi) is 5.36. The lowest BCUT2D eigenvalue weighted by molar-refractivity contribution is -0.123. The molecule has 1 aromatic carbocycles. The zero-order valence-electron chi connectivity index (χ0n) is 11.2. The topological polar surface area (TPSA) is 44.4 Å². The molecule has 2 N–H and O–H groups in total. The number of halogens is 1. The van der Waals surface area contributed by atoms with E-state index in [4.69, 9.17) is 0 Å². The Morgan fingerprint density at radius 3 is 2.79 bits per heavy atom. The van der Waals surface area contributed by atoms with Crippen LogP contribution < -0.4 is 10.6 Å². The van der Waals surface area contributed by atoms with Gasteiger partial charge < -0.3 is 10.6 Å². The fourth-order valence-corrected chi connectivity index (χ4v) is 2.89. The molecule has 1 aliphatic heterocycles. The van der Waals surface area contributed by atoms with Crippen molar-refractivity contribution in [3.8, 4) is 0 Å². The van der Waals surface area contributed by atoms with Crippen molar-refractivity contribution in [2.75, 3.05) is 32.7 Å². The van der Waals surface area contributed by atoms with Crippen LogP contribution in [0.4, 0.5) is 0 Å². The van der Waals surface area contributed by atoms with Crippen molar-refractivity contribution >= 4 is 21.8 Å². The number of hydrogen-bond acceptors (Lipinski definition) is 3. The summed E-state index contributed by atoms with van der Waals surface area (Å²) in [5, 5.41) is 6.34. The van der Waals surface area contributed by atoms with Gasteiger partial charge in [-0.3, -0.25) is 9.69 Å². The molecule has 0 radical (unpaired) electrons. The lowest BCUT2D eigenvalue weighted by Crippen LogP contribution is -2.47. The first-order chi connectivity index (χ1) is 9.16. The second-order valence-corrected chi connectivity index (χ2v) is 5.69. The summed E-state index contributed by atoms with van der Waals surface area (Å²) in [5.41, 5.74) is 1.11. The highest BCUT2D eigenvalue weighted by molar-refractivity contribution is 9.10. The number of carbonyl (C=O) groups excluding carboxylic acids is 1. The van der Waals surface area contributed by atoms with Gasteiger partial charge >= 0.3 is 0 Å². The van der Waals surface area contributed by atoms with Gasteiger partial charge in [-0.05, 0) is 18.6 Å². The second-order valence-electron chi connectivity index (χ2n) is 4.84. The van der Waals surface area contributed by atoms with Crippen molar-refractivity contribution < 1.29 is 4.79 Å². The third-order valence-corrected chi connectivity index (χ3v) is 4.05. The number of rotatable bonds is 4. The number of carbonyl (C=O) groups is 1. The van der Waals surface area contributed by atoms with E-state index in [9.17, 15) is 4.79 Å². The Morgan fingerprint density at radius 1 is 1.42 bits per heavy atom. The summed E-state index contributed by atoms with van der Waals surface area (Å²) >= 11 is 3.52. The summed E-state index contributed by atoms with van der Waals surface area (Å²) in [5.74, 6) is 0.0881. The molecule has 0 unspecified atom stereocenters. The minimum Gasteiger partial charge on any atom is -0.348 e. The summed E-state index contributed by atoms with van der Waals surface area (Å²) in [6.45, 7) is 6.31. The summed E-state index contributed by atoms with van der Waals surface area (Å²) in [6.07, 6.45) is 0. The van der Waals surface area contributed by atoms with Gasteiger partial charge in [0.05, 0.1) is 12.6 Å². The van der Waals surface area contributed by atoms with Crippen LogP contribution in [0.2, 0.25) is 0 Å².